The van der Waals surface area contributed by atoms with Crippen LogP contribution in [0.2, 0.25) is 0 Å². The molecule has 1 aromatic rings. The van der Waals surface area contributed by atoms with Crippen molar-refractivity contribution in [1.29, 1.82) is 0 Å². The van der Waals surface area contributed by atoms with Gasteiger partial charge in [-0.1, -0.05) is 13.3 Å². The summed E-state index contributed by atoms with van der Waals surface area (Å²) < 4.78 is 0. The summed E-state index contributed by atoms with van der Waals surface area (Å²) in [6, 6.07) is 2.56. The topological polar surface area (TPSA) is 38.9 Å². The van der Waals surface area contributed by atoms with Crippen LogP contribution >= 0.6 is 0 Å². The van der Waals surface area contributed by atoms with E-state index in [2.05, 4.69) is 18.0 Å². The van der Waals surface area contributed by atoms with Gasteiger partial charge in [-0.05, 0) is 36.5 Å². The molecule has 0 saturated carbocycles. The van der Waals surface area contributed by atoms with Crippen LogP contribution in [0.4, 0.5) is 0 Å². The summed E-state index contributed by atoms with van der Waals surface area (Å²) in [5, 5.41) is 0. The Hall–Kier alpha value is -0.890. The first-order valence-electron chi connectivity index (χ1n) is 5.02. The van der Waals surface area contributed by atoms with Gasteiger partial charge in [-0.2, -0.15) is 0 Å². The zero-order valence-electron chi connectivity index (χ0n) is 8.09. The molecule has 2 N–H and O–H groups in total. The summed E-state index contributed by atoms with van der Waals surface area (Å²) in [6.07, 6.45) is 6.30. The van der Waals surface area contributed by atoms with Crippen molar-refractivity contribution < 1.29 is 0 Å². The lowest BCUT2D eigenvalue weighted by molar-refractivity contribution is 0.721. The number of hydrogen-bond donors (Lipinski definition) is 1. The third-order valence-electron chi connectivity index (χ3n) is 2.61. The molecule has 1 heterocycles. The fourth-order valence-electron chi connectivity index (χ4n) is 1.98. The Kier molecular flexibility index (Phi) is 2.32. The van der Waals surface area contributed by atoms with E-state index < -0.39 is 0 Å². The highest BCUT2D eigenvalue weighted by atomic mass is 14.7. The molecule has 2 rings (SSSR count). The number of rotatable bonds is 2. The highest BCUT2D eigenvalue weighted by molar-refractivity contribution is 5.32. The van der Waals surface area contributed by atoms with Crippen molar-refractivity contribution in [2.75, 3.05) is 0 Å². The predicted molar refractivity (Wildman–Crippen MR) is 53.6 cm³/mol. The maximum atomic E-state index is 5.88. The summed E-state index contributed by atoms with van der Waals surface area (Å²) in [4.78, 5) is 4.42. The zero-order valence-corrected chi connectivity index (χ0v) is 8.09. The largest absolute Gasteiger partial charge is 0.327 e. The van der Waals surface area contributed by atoms with Gasteiger partial charge in [-0.15, -0.1) is 0 Å². The molecule has 0 bridgehead atoms. The van der Waals surface area contributed by atoms with E-state index >= 15 is 0 Å². The number of aryl methyl sites for hydroxylation is 1. The van der Waals surface area contributed by atoms with Crippen LogP contribution in [0, 0.1) is 0 Å². The van der Waals surface area contributed by atoms with Crippen LogP contribution in [0.15, 0.2) is 12.3 Å². The van der Waals surface area contributed by atoms with E-state index in [4.69, 9.17) is 5.73 Å². The molecule has 1 aliphatic carbocycles. The van der Waals surface area contributed by atoms with E-state index in [9.17, 15) is 0 Å². The first-order chi connectivity index (χ1) is 6.29. The number of aromatic nitrogens is 1. The fraction of sp³-hybridized carbons (Fsp3) is 0.545. The number of nitrogens with zero attached hydrogens (tertiary/aromatic N) is 1. The third kappa shape index (κ3) is 1.73. The number of fused-ring (bicyclic) bond motifs is 1. The van der Waals surface area contributed by atoms with E-state index in [-0.39, 0.29) is 0 Å². The molecule has 0 fully saturated rings. The second kappa shape index (κ2) is 3.46. The van der Waals surface area contributed by atoms with Crippen molar-refractivity contribution in [2.24, 2.45) is 5.73 Å². The zero-order chi connectivity index (χ0) is 9.26. The lowest BCUT2D eigenvalue weighted by Gasteiger charge is -2.01. The number of nitrogens with two attached hydrogens (primary N) is 1. The van der Waals surface area contributed by atoms with Crippen molar-refractivity contribution in [3.8, 4) is 0 Å². The van der Waals surface area contributed by atoms with Crippen LogP contribution in [0.5, 0.6) is 0 Å². The molecular formula is C11H16N2. The molecule has 0 radical (unpaired) electrons. The SMILES string of the molecule is CCCc1cc2c(cn1)CC(N)C2. The normalized spacial score (nSPS) is 20.3. The van der Waals surface area contributed by atoms with Crippen LogP contribution in [0.3, 0.4) is 0 Å². The van der Waals surface area contributed by atoms with Crippen LogP contribution in [-0.2, 0) is 19.3 Å². The smallest absolute Gasteiger partial charge is 0.0406 e. The Labute approximate surface area is 79.2 Å². The molecule has 0 aliphatic heterocycles. The van der Waals surface area contributed by atoms with Gasteiger partial charge in [0.15, 0.2) is 0 Å². The maximum absolute atomic E-state index is 5.88. The van der Waals surface area contributed by atoms with Gasteiger partial charge < -0.3 is 5.73 Å². The molecule has 0 amide bonds. The molecule has 1 aromatic heterocycles. The van der Waals surface area contributed by atoms with Crippen LogP contribution in [-0.4, -0.2) is 11.0 Å². The first kappa shape index (κ1) is 8.70. The van der Waals surface area contributed by atoms with Crippen molar-refractivity contribution in [3.63, 3.8) is 0 Å². The monoisotopic (exact) mass is 176 g/mol. The minimum absolute atomic E-state index is 0.327. The Bertz CT molecular complexity index is 307. The highest BCUT2D eigenvalue weighted by Crippen LogP contribution is 2.21. The van der Waals surface area contributed by atoms with E-state index in [1.807, 2.05) is 6.20 Å². The number of pyridine rings is 1. The van der Waals surface area contributed by atoms with Gasteiger partial charge in [0.2, 0.25) is 0 Å². The summed E-state index contributed by atoms with van der Waals surface area (Å²) in [5.41, 5.74) is 9.88. The second-order valence-electron chi connectivity index (χ2n) is 3.86. The van der Waals surface area contributed by atoms with Gasteiger partial charge in [0.1, 0.15) is 0 Å². The molecule has 0 spiro atoms. The van der Waals surface area contributed by atoms with Gasteiger partial charge >= 0.3 is 0 Å². The van der Waals surface area contributed by atoms with E-state index in [1.54, 1.807) is 0 Å². The Morgan fingerprint density at radius 2 is 2.23 bits per heavy atom. The Morgan fingerprint density at radius 3 is 3.00 bits per heavy atom. The summed E-state index contributed by atoms with van der Waals surface area (Å²) in [5.74, 6) is 0. The van der Waals surface area contributed by atoms with Crippen molar-refractivity contribution in [3.05, 3.63) is 29.1 Å². The molecule has 1 aliphatic rings. The summed E-state index contributed by atoms with van der Waals surface area (Å²) >= 11 is 0. The summed E-state index contributed by atoms with van der Waals surface area (Å²) in [6.45, 7) is 2.18. The van der Waals surface area contributed by atoms with E-state index in [0.717, 1.165) is 25.7 Å². The highest BCUT2D eigenvalue weighted by Gasteiger charge is 2.18. The minimum Gasteiger partial charge on any atom is -0.327 e. The molecule has 1 atom stereocenters. The Morgan fingerprint density at radius 1 is 1.46 bits per heavy atom. The molecular weight excluding hydrogens is 160 g/mol. The van der Waals surface area contributed by atoms with Gasteiger partial charge in [0.25, 0.3) is 0 Å². The molecule has 0 aromatic carbocycles. The minimum atomic E-state index is 0.327. The lowest BCUT2D eigenvalue weighted by atomic mass is 10.1. The number of hydrogen-bond acceptors (Lipinski definition) is 2. The average Bonchev–Trinajstić information content (AvgIpc) is 2.44. The molecule has 1 unspecified atom stereocenters. The first-order valence-corrected chi connectivity index (χ1v) is 5.02. The molecule has 2 heteroatoms. The van der Waals surface area contributed by atoms with Crippen LogP contribution in [0.1, 0.15) is 30.2 Å². The fourth-order valence-corrected chi connectivity index (χ4v) is 1.98. The molecule has 0 saturated heterocycles. The third-order valence-corrected chi connectivity index (χ3v) is 2.61. The van der Waals surface area contributed by atoms with E-state index in [0.29, 0.717) is 6.04 Å². The van der Waals surface area contributed by atoms with Gasteiger partial charge in [0, 0.05) is 17.9 Å². The second-order valence-corrected chi connectivity index (χ2v) is 3.86. The lowest BCUT2D eigenvalue weighted by Crippen LogP contribution is -2.18. The average molecular weight is 176 g/mol. The van der Waals surface area contributed by atoms with Gasteiger partial charge in [-0.3, -0.25) is 4.98 Å². The predicted octanol–water partition coefficient (Wildman–Crippen LogP) is 1.46. The summed E-state index contributed by atoms with van der Waals surface area (Å²) in [7, 11) is 0. The van der Waals surface area contributed by atoms with Crippen molar-refractivity contribution in [2.45, 2.75) is 38.6 Å². The van der Waals surface area contributed by atoms with E-state index in [1.165, 1.54) is 16.8 Å². The standard InChI is InChI=1S/C11H16N2/c1-2-3-11-6-8-4-10(12)5-9(8)7-13-11/h6-7,10H,2-5,12H2,1H3. The molecule has 2 nitrogen and oxygen atoms in total. The van der Waals surface area contributed by atoms with Gasteiger partial charge in [-0.25, -0.2) is 0 Å². The van der Waals surface area contributed by atoms with Crippen LogP contribution in [0.25, 0.3) is 0 Å². The van der Waals surface area contributed by atoms with Crippen molar-refractivity contribution in [1.82, 2.24) is 4.98 Å². The van der Waals surface area contributed by atoms with Crippen LogP contribution < -0.4 is 5.73 Å². The Balaban J connectivity index is 2.24. The molecule has 13 heavy (non-hydrogen) atoms. The van der Waals surface area contributed by atoms with Gasteiger partial charge in [0.05, 0.1) is 0 Å². The van der Waals surface area contributed by atoms with Crippen molar-refractivity contribution >= 4 is 0 Å². The molecule has 70 valence electrons. The maximum Gasteiger partial charge on any atom is 0.0406 e. The quantitative estimate of drug-likeness (QED) is 0.741.